The SMILES string of the molecule is C=CCn1c(=NC(=O)CC)n(C)c2ccccc21.[Cl-]. The Balaban J connectivity index is 0.00000180. The van der Waals surface area contributed by atoms with Crippen LogP contribution in [0.4, 0.5) is 0 Å². The van der Waals surface area contributed by atoms with Crippen molar-refractivity contribution < 1.29 is 17.2 Å². The average molecular weight is 279 g/mol. The van der Waals surface area contributed by atoms with Crippen LogP contribution in [0.5, 0.6) is 0 Å². The zero-order valence-electron chi connectivity index (χ0n) is 11.1. The number of imidazole rings is 1. The molecule has 1 amide bonds. The first-order valence-corrected chi connectivity index (χ1v) is 6.01. The molecule has 19 heavy (non-hydrogen) atoms. The lowest BCUT2D eigenvalue weighted by molar-refractivity contribution is -0.117. The fourth-order valence-corrected chi connectivity index (χ4v) is 2.01. The van der Waals surface area contributed by atoms with Crippen LogP contribution in [0.3, 0.4) is 0 Å². The maximum absolute atomic E-state index is 11.5. The molecule has 0 bridgehead atoms. The first-order chi connectivity index (χ1) is 8.69. The van der Waals surface area contributed by atoms with E-state index < -0.39 is 0 Å². The molecular formula is C14H17ClN3O-. The number of carbonyl (C=O) groups is 1. The number of nitrogens with zero attached hydrogens (tertiary/aromatic N) is 3. The van der Waals surface area contributed by atoms with E-state index in [1.165, 1.54) is 0 Å². The number of benzene rings is 1. The molecule has 0 N–H and O–H groups in total. The summed E-state index contributed by atoms with van der Waals surface area (Å²) in [4.78, 5) is 15.7. The molecule has 102 valence electrons. The first kappa shape index (κ1) is 15.2. The number of amides is 1. The van der Waals surface area contributed by atoms with Crippen molar-refractivity contribution in [3.63, 3.8) is 0 Å². The van der Waals surface area contributed by atoms with Crippen LogP contribution in [0.25, 0.3) is 11.0 Å². The molecule has 1 heterocycles. The zero-order valence-corrected chi connectivity index (χ0v) is 11.9. The van der Waals surface area contributed by atoms with Crippen LogP contribution in [0.2, 0.25) is 0 Å². The number of rotatable bonds is 3. The monoisotopic (exact) mass is 278 g/mol. The summed E-state index contributed by atoms with van der Waals surface area (Å²) in [5, 5.41) is 0. The molecule has 2 aromatic rings. The van der Waals surface area contributed by atoms with Crippen LogP contribution >= 0.6 is 0 Å². The molecule has 1 aromatic carbocycles. The van der Waals surface area contributed by atoms with E-state index in [4.69, 9.17) is 0 Å². The Hall–Kier alpha value is -1.81. The maximum Gasteiger partial charge on any atom is 0.248 e. The largest absolute Gasteiger partial charge is 1.00 e. The third kappa shape index (κ3) is 2.79. The van der Waals surface area contributed by atoms with Crippen molar-refractivity contribution in [2.75, 3.05) is 0 Å². The Bertz CT molecular complexity index is 667. The Morgan fingerprint density at radius 1 is 1.37 bits per heavy atom. The molecule has 4 nitrogen and oxygen atoms in total. The van der Waals surface area contributed by atoms with Crippen molar-refractivity contribution in [2.45, 2.75) is 19.9 Å². The van der Waals surface area contributed by atoms with Gasteiger partial charge in [0, 0.05) is 20.0 Å². The second-order valence-electron chi connectivity index (χ2n) is 4.11. The summed E-state index contributed by atoms with van der Waals surface area (Å²) in [6.45, 7) is 6.20. The number of aryl methyl sites for hydroxylation is 1. The predicted molar refractivity (Wildman–Crippen MR) is 72.0 cm³/mol. The quantitative estimate of drug-likeness (QED) is 0.665. The minimum atomic E-state index is -0.112. The minimum Gasteiger partial charge on any atom is -1.00 e. The normalized spacial score (nSPS) is 11.4. The van der Waals surface area contributed by atoms with Gasteiger partial charge in [-0.25, -0.2) is 0 Å². The van der Waals surface area contributed by atoms with Crippen molar-refractivity contribution in [3.05, 3.63) is 42.5 Å². The Kier molecular flexibility index (Phi) is 5.12. The number of hydrogen-bond acceptors (Lipinski definition) is 1. The summed E-state index contributed by atoms with van der Waals surface area (Å²) >= 11 is 0. The Morgan fingerprint density at radius 2 is 2.00 bits per heavy atom. The topological polar surface area (TPSA) is 39.3 Å². The molecule has 0 unspecified atom stereocenters. The number of halogens is 1. The fourth-order valence-electron chi connectivity index (χ4n) is 2.01. The third-order valence-electron chi connectivity index (χ3n) is 2.91. The van der Waals surface area contributed by atoms with Crippen LogP contribution in [0.15, 0.2) is 41.9 Å². The smallest absolute Gasteiger partial charge is 0.248 e. The summed E-state index contributed by atoms with van der Waals surface area (Å²) < 4.78 is 3.93. The molecule has 1 aromatic heterocycles. The van der Waals surface area contributed by atoms with Crippen molar-refractivity contribution in [2.24, 2.45) is 12.0 Å². The minimum absolute atomic E-state index is 0. The van der Waals surface area contributed by atoms with Gasteiger partial charge >= 0.3 is 0 Å². The highest BCUT2D eigenvalue weighted by molar-refractivity contribution is 5.78. The Morgan fingerprint density at radius 3 is 2.58 bits per heavy atom. The number of carbonyl (C=O) groups excluding carboxylic acids is 1. The van der Waals surface area contributed by atoms with Gasteiger partial charge in [-0.15, -0.1) is 6.58 Å². The van der Waals surface area contributed by atoms with Gasteiger partial charge in [0.25, 0.3) is 0 Å². The second-order valence-corrected chi connectivity index (χ2v) is 4.11. The summed E-state index contributed by atoms with van der Waals surface area (Å²) in [5.74, 6) is -0.112. The van der Waals surface area contributed by atoms with Crippen molar-refractivity contribution in [1.29, 1.82) is 0 Å². The fraction of sp³-hybridized carbons (Fsp3) is 0.286. The number of fused-ring (bicyclic) bond motifs is 1. The molecule has 2 rings (SSSR count). The van der Waals surface area contributed by atoms with Crippen molar-refractivity contribution in [3.8, 4) is 0 Å². The summed E-state index contributed by atoms with van der Waals surface area (Å²) in [6.07, 6.45) is 2.22. The molecule has 0 atom stereocenters. The molecule has 0 spiro atoms. The van der Waals surface area contributed by atoms with E-state index >= 15 is 0 Å². The van der Waals surface area contributed by atoms with Crippen molar-refractivity contribution >= 4 is 16.9 Å². The molecule has 0 saturated heterocycles. The van der Waals surface area contributed by atoms with E-state index in [-0.39, 0.29) is 18.3 Å². The van der Waals surface area contributed by atoms with E-state index in [1.807, 2.05) is 53.4 Å². The number of aromatic nitrogens is 2. The van der Waals surface area contributed by atoms with Crippen LogP contribution in [0.1, 0.15) is 13.3 Å². The molecule has 0 radical (unpaired) electrons. The van der Waals surface area contributed by atoms with Crippen LogP contribution in [-0.2, 0) is 18.4 Å². The standard InChI is InChI=1S/C14H17N3O.ClH/c1-4-10-17-12-9-7-6-8-11(12)16(3)14(17)15-13(18)5-2;/h4,6-9H,1,5,10H2,2-3H3;1H/p-1. The predicted octanol–water partition coefficient (Wildman–Crippen LogP) is -0.993. The number of allylic oxidation sites excluding steroid dienone is 1. The van der Waals surface area contributed by atoms with Gasteiger partial charge in [-0.05, 0) is 12.1 Å². The van der Waals surface area contributed by atoms with Gasteiger partial charge in [-0.3, -0.25) is 4.79 Å². The van der Waals surface area contributed by atoms with Crippen molar-refractivity contribution in [1.82, 2.24) is 9.13 Å². The number of hydrogen-bond donors (Lipinski definition) is 0. The van der Waals surface area contributed by atoms with Gasteiger partial charge in [-0.2, -0.15) is 4.99 Å². The van der Waals surface area contributed by atoms with Crippen LogP contribution in [-0.4, -0.2) is 15.0 Å². The van der Waals surface area contributed by atoms with E-state index in [1.54, 1.807) is 0 Å². The zero-order chi connectivity index (χ0) is 13.1. The van der Waals surface area contributed by atoms with E-state index in [9.17, 15) is 4.79 Å². The maximum atomic E-state index is 11.5. The molecule has 5 heteroatoms. The lowest BCUT2D eigenvalue weighted by atomic mass is 10.3. The molecule has 0 aliphatic rings. The molecule has 0 aliphatic heterocycles. The summed E-state index contributed by atoms with van der Waals surface area (Å²) in [5.41, 5.74) is 2.78. The van der Waals surface area contributed by atoms with Gasteiger partial charge in [0.05, 0.1) is 11.0 Å². The van der Waals surface area contributed by atoms with E-state index in [2.05, 4.69) is 11.6 Å². The molecule has 0 aliphatic carbocycles. The molecular weight excluding hydrogens is 262 g/mol. The third-order valence-corrected chi connectivity index (χ3v) is 2.91. The van der Waals surface area contributed by atoms with Crippen LogP contribution in [0, 0.1) is 0 Å². The summed E-state index contributed by atoms with van der Waals surface area (Å²) in [7, 11) is 1.92. The average Bonchev–Trinajstić information content (AvgIpc) is 2.65. The highest BCUT2D eigenvalue weighted by Crippen LogP contribution is 2.11. The highest BCUT2D eigenvalue weighted by atomic mass is 35.5. The Labute approximate surface area is 118 Å². The first-order valence-electron chi connectivity index (χ1n) is 6.01. The van der Waals surface area contributed by atoms with Gasteiger partial charge in [0.1, 0.15) is 0 Å². The van der Waals surface area contributed by atoms with E-state index in [0.29, 0.717) is 18.6 Å². The van der Waals surface area contributed by atoms with Gasteiger partial charge in [0.2, 0.25) is 11.5 Å². The van der Waals surface area contributed by atoms with E-state index in [0.717, 1.165) is 11.0 Å². The highest BCUT2D eigenvalue weighted by Gasteiger charge is 2.08. The lowest BCUT2D eigenvalue weighted by Gasteiger charge is -1.99. The van der Waals surface area contributed by atoms with Gasteiger partial charge in [0.15, 0.2) is 0 Å². The molecule has 0 fully saturated rings. The molecule has 0 saturated carbocycles. The van der Waals surface area contributed by atoms with Crippen LogP contribution < -0.4 is 18.0 Å². The number of para-hydroxylation sites is 2. The van der Waals surface area contributed by atoms with Gasteiger partial charge in [-0.1, -0.05) is 25.1 Å². The van der Waals surface area contributed by atoms with Gasteiger partial charge < -0.3 is 21.5 Å². The second kappa shape index (κ2) is 6.38. The summed E-state index contributed by atoms with van der Waals surface area (Å²) in [6, 6.07) is 8.00. The lowest BCUT2D eigenvalue weighted by Crippen LogP contribution is -3.00.